The number of imidazole rings is 1. The van der Waals surface area contributed by atoms with Crippen molar-refractivity contribution in [3.8, 4) is 0 Å². The molecule has 0 amide bonds. The van der Waals surface area contributed by atoms with Crippen LogP contribution in [0, 0.1) is 0 Å². The molecule has 0 aliphatic rings. The summed E-state index contributed by atoms with van der Waals surface area (Å²) in [6, 6.07) is 4.71. The Labute approximate surface area is 124 Å². The van der Waals surface area contributed by atoms with Crippen LogP contribution in [0.4, 0.5) is 5.95 Å². The van der Waals surface area contributed by atoms with Crippen LogP contribution in [0.25, 0.3) is 0 Å². The highest BCUT2D eigenvalue weighted by Gasteiger charge is 2.16. The van der Waals surface area contributed by atoms with Crippen molar-refractivity contribution in [1.29, 1.82) is 0 Å². The molecule has 2 heterocycles. The van der Waals surface area contributed by atoms with Gasteiger partial charge in [-0.15, -0.1) is 11.3 Å². The number of hydrogen-bond donors (Lipinski definition) is 1. The molecule has 0 saturated heterocycles. The van der Waals surface area contributed by atoms with Crippen LogP contribution in [-0.2, 0) is 4.74 Å². The Bertz CT molecular complexity index is 481. The van der Waals surface area contributed by atoms with E-state index in [0.29, 0.717) is 6.04 Å². The number of rotatable bonds is 9. The predicted molar refractivity (Wildman–Crippen MR) is 84.6 cm³/mol. The van der Waals surface area contributed by atoms with Crippen LogP contribution in [0.5, 0.6) is 0 Å². The van der Waals surface area contributed by atoms with Gasteiger partial charge in [0, 0.05) is 37.5 Å². The number of hydrogen-bond acceptors (Lipinski definition) is 4. The normalized spacial score (nSPS) is 12.5. The lowest BCUT2D eigenvalue weighted by atomic mass is 10.1. The molecule has 1 N–H and O–H groups in total. The van der Waals surface area contributed by atoms with Crippen molar-refractivity contribution in [2.24, 2.45) is 0 Å². The molecule has 2 rings (SSSR count). The quantitative estimate of drug-likeness (QED) is 0.715. The SMILES string of the molecule is CCCC(c1cccs1)n1ccnc1NCCCOC. The molecule has 2 aromatic heterocycles. The largest absolute Gasteiger partial charge is 0.385 e. The molecule has 0 bridgehead atoms. The highest BCUT2D eigenvalue weighted by Crippen LogP contribution is 2.29. The lowest BCUT2D eigenvalue weighted by Gasteiger charge is -2.19. The third-order valence-corrected chi connectivity index (χ3v) is 4.22. The standard InChI is InChI=1S/C15H23N3OS/c1-3-6-13(14-7-4-12-20-14)18-10-9-17-15(18)16-8-5-11-19-2/h4,7,9-10,12-13H,3,5-6,8,11H2,1-2H3,(H,16,17). The Hall–Kier alpha value is -1.33. The first kappa shape index (κ1) is 15.1. The minimum Gasteiger partial charge on any atom is -0.385 e. The zero-order valence-corrected chi connectivity index (χ0v) is 13.0. The molecule has 110 valence electrons. The van der Waals surface area contributed by atoms with E-state index in [2.05, 4.69) is 45.5 Å². The lowest BCUT2D eigenvalue weighted by Crippen LogP contribution is -2.14. The summed E-state index contributed by atoms with van der Waals surface area (Å²) in [5.74, 6) is 0.952. The fourth-order valence-corrected chi connectivity index (χ4v) is 3.15. The molecule has 2 aromatic rings. The average molecular weight is 293 g/mol. The molecule has 0 aliphatic carbocycles. The summed E-state index contributed by atoms with van der Waals surface area (Å²) < 4.78 is 7.32. The van der Waals surface area contributed by atoms with E-state index in [4.69, 9.17) is 4.74 Å². The van der Waals surface area contributed by atoms with Gasteiger partial charge in [0.1, 0.15) is 0 Å². The second-order valence-electron chi connectivity index (χ2n) is 4.75. The highest BCUT2D eigenvalue weighted by molar-refractivity contribution is 7.10. The van der Waals surface area contributed by atoms with Crippen LogP contribution in [0.2, 0.25) is 0 Å². The van der Waals surface area contributed by atoms with Crippen molar-refractivity contribution in [3.63, 3.8) is 0 Å². The Kier molecular flexibility index (Phi) is 6.08. The zero-order valence-electron chi connectivity index (χ0n) is 12.2. The second kappa shape index (κ2) is 8.07. The molecule has 4 nitrogen and oxygen atoms in total. The first-order valence-corrected chi connectivity index (χ1v) is 8.03. The maximum Gasteiger partial charge on any atom is 0.203 e. The number of nitrogens with zero attached hydrogens (tertiary/aromatic N) is 2. The van der Waals surface area contributed by atoms with E-state index in [1.807, 2.05) is 17.5 Å². The molecule has 0 spiro atoms. The first-order chi connectivity index (χ1) is 9.86. The molecule has 5 heteroatoms. The van der Waals surface area contributed by atoms with Crippen molar-refractivity contribution >= 4 is 17.3 Å². The molecule has 20 heavy (non-hydrogen) atoms. The number of ether oxygens (including phenoxy) is 1. The molecule has 0 radical (unpaired) electrons. The van der Waals surface area contributed by atoms with E-state index in [9.17, 15) is 0 Å². The van der Waals surface area contributed by atoms with Gasteiger partial charge in [0.25, 0.3) is 0 Å². The fraction of sp³-hybridized carbons (Fsp3) is 0.533. The summed E-state index contributed by atoms with van der Waals surface area (Å²) in [5, 5.41) is 5.54. The van der Waals surface area contributed by atoms with E-state index < -0.39 is 0 Å². The van der Waals surface area contributed by atoms with Crippen LogP contribution in [0.15, 0.2) is 29.9 Å². The van der Waals surface area contributed by atoms with Gasteiger partial charge in [-0.1, -0.05) is 19.4 Å². The summed E-state index contributed by atoms with van der Waals surface area (Å²) in [5.41, 5.74) is 0. The first-order valence-electron chi connectivity index (χ1n) is 7.15. The molecule has 0 saturated carbocycles. The van der Waals surface area contributed by atoms with Crippen molar-refractivity contribution in [1.82, 2.24) is 9.55 Å². The summed E-state index contributed by atoms with van der Waals surface area (Å²) in [6.45, 7) is 3.88. The van der Waals surface area contributed by atoms with Gasteiger partial charge in [-0.2, -0.15) is 0 Å². The van der Waals surface area contributed by atoms with E-state index in [-0.39, 0.29) is 0 Å². The van der Waals surface area contributed by atoms with Gasteiger partial charge < -0.3 is 14.6 Å². The molecular weight excluding hydrogens is 270 g/mol. The lowest BCUT2D eigenvalue weighted by molar-refractivity contribution is 0.197. The Morgan fingerprint density at radius 3 is 3.10 bits per heavy atom. The number of nitrogens with one attached hydrogen (secondary N) is 1. The Balaban J connectivity index is 2.07. The van der Waals surface area contributed by atoms with Gasteiger partial charge in [-0.05, 0) is 24.3 Å². The smallest absolute Gasteiger partial charge is 0.203 e. The van der Waals surface area contributed by atoms with E-state index >= 15 is 0 Å². The Morgan fingerprint density at radius 1 is 1.50 bits per heavy atom. The maximum absolute atomic E-state index is 5.07. The number of aromatic nitrogens is 2. The zero-order chi connectivity index (χ0) is 14.2. The highest BCUT2D eigenvalue weighted by atomic mass is 32.1. The molecule has 0 fully saturated rings. The van der Waals surface area contributed by atoms with Gasteiger partial charge in [0.2, 0.25) is 5.95 Å². The third kappa shape index (κ3) is 3.84. The second-order valence-corrected chi connectivity index (χ2v) is 5.73. The van der Waals surface area contributed by atoms with Gasteiger partial charge in [-0.25, -0.2) is 4.98 Å². The summed E-state index contributed by atoms with van der Waals surface area (Å²) >= 11 is 1.81. The third-order valence-electron chi connectivity index (χ3n) is 3.25. The average Bonchev–Trinajstić information content (AvgIpc) is 3.12. The van der Waals surface area contributed by atoms with Crippen LogP contribution in [0.3, 0.4) is 0 Å². The van der Waals surface area contributed by atoms with Crippen LogP contribution >= 0.6 is 11.3 Å². The molecular formula is C15H23N3OS. The van der Waals surface area contributed by atoms with Gasteiger partial charge >= 0.3 is 0 Å². The maximum atomic E-state index is 5.07. The van der Waals surface area contributed by atoms with Gasteiger partial charge in [-0.3, -0.25) is 0 Å². The summed E-state index contributed by atoms with van der Waals surface area (Å²) in [7, 11) is 1.73. The minimum absolute atomic E-state index is 0.382. The van der Waals surface area contributed by atoms with Crippen molar-refractivity contribution in [2.45, 2.75) is 32.2 Å². The number of anilines is 1. The molecule has 0 aromatic carbocycles. The van der Waals surface area contributed by atoms with Crippen LogP contribution in [-0.4, -0.2) is 29.8 Å². The van der Waals surface area contributed by atoms with E-state index in [0.717, 1.165) is 38.4 Å². The molecule has 1 atom stereocenters. The molecule has 0 aliphatic heterocycles. The van der Waals surface area contributed by atoms with Crippen molar-refractivity contribution in [3.05, 3.63) is 34.8 Å². The van der Waals surface area contributed by atoms with Gasteiger partial charge in [0.05, 0.1) is 6.04 Å². The monoisotopic (exact) mass is 293 g/mol. The number of methoxy groups -OCH3 is 1. The van der Waals surface area contributed by atoms with Crippen molar-refractivity contribution < 1.29 is 4.74 Å². The van der Waals surface area contributed by atoms with Crippen molar-refractivity contribution in [2.75, 3.05) is 25.6 Å². The van der Waals surface area contributed by atoms with E-state index in [1.165, 1.54) is 4.88 Å². The van der Waals surface area contributed by atoms with E-state index in [1.54, 1.807) is 7.11 Å². The number of thiophene rings is 1. The fourth-order valence-electron chi connectivity index (χ4n) is 2.29. The minimum atomic E-state index is 0.382. The summed E-state index contributed by atoms with van der Waals surface area (Å²) in [4.78, 5) is 5.84. The van der Waals surface area contributed by atoms with Crippen LogP contribution < -0.4 is 5.32 Å². The topological polar surface area (TPSA) is 39.1 Å². The van der Waals surface area contributed by atoms with Crippen LogP contribution in [0.1, 0.15) is 37.1 Å². The van der Waals surface area contributed by atoms with Gasteiger partial charge in [0.15, 0.2) is 0 Å². The summed E-state index contributed by atoms with van der Waals surface area (Å²) in [6.07, 6.45) is 7.21. The Morgan fingerprint density at radius 2 is 2.40 bits per heavy atom. The molecule has 1 unspecified atom stereocenters. The predicted octanol–water partition coefficient (Wildman–Crippen LogP) is 3.78.